The Bertz CT molecular complexity index is 653. The SMILES string of the molecule is CCc1nc(CN(C(C)=O)[C@@H]2CCN(CCn3cccn3)C2)no1. The lowest BCUT2D eigenvalue weighted by Gasteiger charge is -2.27. The number of carbonyl (C=O) groups excluding carboxylic acids is 1. The molecule has 0 aliphatic carbocycles. The van der Waals surface area contributed by atoms with E-state index in [1.165, 1.54) is 0 Å². The molecule has 2 aromatic heterocycles. The Morgan fingerprint density at radius 2 is 2.33 bits per heavy atom. The molecular weight excluding hydrogens is 308 g/mol. The first-order valence-corrected chi connectivity index (χ1v) is 8.44. The van der Waals surface area contributed by atoms with Crippen molar-refractivity contribution in [2.75, 3.05) is 19.6 Å². The number of carbonyl (C=O) groups is 1. The first kappa shape index (κ1) is 16.6. The zero-order valence-corrected chi connectivity index (χ0v) is 14.3. The molecule has 1 saturated heterocycles. The fraction of sp³-hybridized carbons (Fsp3) is 0.625. The molecular formula is C16H24N6O2. The van der Waals surface area contributed by atoms with Crippen molar-refractivity contribution in [1.82, 2.24) is 29.7 Å². The lowest BCUT2D eigenvalue weighted by molar-refractivity contribution is -0.131. The molecule has 1 aliphatic heterocycles. The van der Waals surface area contributed by atoms with E-state index in [0.717, 1.165) is 32.6 Å². The molecule has 0 bridgehead atoms. The Labute approximate surface area is 141 Å². The van der Waals surface area contributed by atoms with Crippen LogP contribution in [0.5, 0.6) is 0 Å². The van der Waals surface area contributed by atoms with E-state index < -0.39 is 0 Å². The van der Waals surface area contributed by atoms with Crippen molar-refractivity contribution in [2.24, 2.45) is 0 Å². The highest BCUT2D eigenvalue weighted by molar-refractivity contribution is 5.73. The van der Waals surface area contributed by atoms with Gasteiger partial charge in [0, 0.05) is 51.4 Å². The van der Waals surface area contributed by atoms with E-state index in [0.29, 0.717) is 24.7 Å². The van der Waals surface area contributed by atoms with Gasteiger partial charge in [-0.15, -0.1) is 0 Å². The van der Waals surface area contributed by atoms with Gasteiger partial charge < -0.3 is 9.42 Å². The van der Waals surface area contributed by atoms with Gasteiger partial charge in [0.1, 0.15) is 0 Å². The summed E-state index contributed by atoms with van der Waals surface area (Å²) in [6, 6.07) is 2.13. The van der Waals surface area contributed by atoms with Gasteiger partial charge in [0.15, 0.2) is 5.82 Å². The van der Waals surface area contributed by atoms with E-state index in [9.17, 15) is 4.79 Å². The second kappa shape index (κ2) is 7.57. The maximum atomic E-state index is 12.1. The molecule has 0 aromatic carbocycles. The quantitative estimate of drug-likeness (QED) is 0.751. The molecule has 24 heavy (non-hydrogen) atoms. The van der Waals surface area contributed by atoms with Gasteiger partial charge in [-0.25, -0.2) is 0 Å². The van der Waals surface area contributed by atoms with E-state index in [2.05, 4.69) is 20.1 Å². The first-order valence-electron chi connectivity index (χ1n) is 8.44. The molecule has 0 N–H and O–H groups in total. The summed E-state index contributed by atoms with van der Waals surface area (Å²) in [5.41, 5.74) is 0. The summed E-state index contributed by atoms with van der Waals surface area (Å²) in [6.07, 6.45) is 5.44. The van der Waals surface area contributed by atoms with Gasteiger partial charge in [0.25, 0.3) is 0 Å². The molecule has 1 atom stereocenters. The third kappa shape index (κ3) is 4.00. The summed E-state index contributed by atoms with van der Waals surface area (Å²) < 4.78 is 7.07. The Morgan fingerprint density at radius 1 is 1.46 bits per heavy atom. The topological polar surface area (TPSA) is 80.3 Å². The number of aromatic nitrogens is 4. The molecule has 3 heterocycles. The van der Waals surface area contributed by atoms with Crippen LogP contribution in [0.3, 0.4) is 0 Å². The van der Waals surface area contributed by atoms with Crippen molar-refractivity contribution in [1.29, 1.82) is 0 Å². The van der Waals surface area contributed by atoms with E-state index in [1.807, 2.05) is 28.8 Å². The largest absolute Gasteiger partial charge is 0.339 e. The highest BCUT2D eigenvalue weighted by Crippen LogP contribution is 2.18. The zero-order valence-electron chi connectivity index (χ0n) is 14.3. The fourth-order valence-electron chi connectivity index (χ4n) is 3.09. The summed E-state index contributed by atoms with van der Waals surface area (Å²) in [5, 5.41) is 8.19. The number of rotatable bonds is 7. The van der Waals surface area contributed by atoms with E-state index in [-0.39, 0.29) is 11.9 Å². The van der Waals surface area contributed by atoms with Crippen LogP contribution in [0, 0.1) is 0 Å². The average molecular weight is 332 g/mol. The van der Waals surface area contributed by atoms with Gasteiger partial charge in [0.2, 0.25) is 11.8 Å². The van der Waals surface area contributed by atoms with Gasteiger partial charge in [-0.05, 0) is 12.5 Å². The minimum Gasteiger partial charge on any atom is -0.339 e. The molecule has 0 unspecified atom stereocenters. The van der Waals surface area contributed by atoms with E-state index in [1.54, 1.807) is 13.1 Å². The minimum atomic E-state index is 0.0526. The van der Waals surface area contributed by atoms with E-state index >= 15 is 0 Å². The summed E-state index contributed by atoms with van der Waals surface area (Å²) in [7, 11) is 0. The van der Waals surface area contributed by atoms with E-state index in [4.69, 9.17) is 4.52 Å². The summed E-state index contributed by atoms with van der Waals surface area (Å²) >= 11 is 0. The third-order valence-corrected chi connectivity index (χ3v) is 4.42. The van der Waals surface area contributed by atoms with Crippen LogP contribution >= 0.6 is 0 Å². The lowest BCUT2D eigenvalue weighted by Crippen LogP contribution is -2.40. The Kier molecular flexibility index (Phi) is 5.24. The van der Waals surface area contributed by atoms with Crippen LogP contribution < -0.4 is 0 Å². The number of amides is 1. The smallest absolute Gasteiger partial charge is 0.226 e. The van der Waals surface area contributed by atoms with Gasteiger partial charge in [-0.1, -0.05) is 12.1 Å². The molecule has 0 saturated carbocycles. The molecule has 1 amide bonds. The molecule has 2 aromatic rings. The summed E-state index contributed by atoms with van der Waals surface area (Å²) in [4.78, 5) is 20.6. The zero-order chi connectivity index (χ0) is 16.9. The van der Waals surface area contributed by atoms with Crippen molar-refractivity contribution in [3.8, 4) is 0 Å². The molecule has 1 fully saturated rings. The molecule has 130 valence electrons. The van der Waals surface area contributed by atoms with Gasteiger partial charge >= 0.3 is 0 Å². The van der Waals surface area contributed by atoms with Crippen molar-refractivity contribution in [3.63, 3.8) is 0 Å². The third-order valence-electron chi connectivity index (χ3n) is 4.42. The van der Waals surface area contributed by atoms with Crippen LogP contribution in [0.25, 0.3) is 0 Å². The molecule has 0 radical (unpaired) electrons. The molecule has 8 heteroatoms. The Hall–Kier alpha value is -2.22. The lowest BCUT2D eigenvalue weighted by atomic mass is 10.2. The molecule has 0 spiro atoms. The van der Waals surface area contributed by atoms with Gasteiger partial charge in [0.05, 0.1) is 13.1 Å². The second-order valence-corrected chi connectivity index (χ2v) is 6.12. The number of hydrogen-bond acceptors (Lipinski definition) is 6. The molecule has 1 aliphatic rings. The van der Waals surface area contributed by atoms with Crippen molar-refractivity contribution in [2.45, 2.75) is 45.8 Å². The first-order chi connectivity index (χ1) is 11.7. The average Bonchev–Trinajstić information content (AvgIpc) is 3.31. The predicted molar refractivity (Wildman–Crippen MR) is 87.0 cm³/mol. The summed E-state index contributed by atoms with van der Waals surface area (Å²) in [5.74, 6) is 1.24. The maximum Gasteiger partial charge on any atom is 0.226 e. The van der Waals surface area contributed by atoms with Crippen LogP contribution in [0.2, 0.25) is 0 Å². The van der Waals surface area contributed by atoms with Crippen LogP contribution in [0.1, 0.15) is 32.0 Å². The van der Waals surface area contributed by atoms with Crippen LogP contribution in [-0.4, -0.2) is 61.3 Å². The Morgan fingerprint density at radius 3 is 3.00 bits per heavy atom. The predicted octanol–water partition coefficient (Wildman–Crippen LogP) is 0.951. The second-order valence-electron chi connectivity index (χ2n) is 6.12. The number of aryl methyl sites for hydroxylation is 1. The maximum absolute atomic E-state index is 12.1. The van der Waals surface area contributed by atoms with Crippen molar-refractivity contribution >= 4 is 5.91 Å². The number of hydrogen-bond donors (Lipinski definition) is 0. The van der Waals surface area contributed by atoms with Gasteiger partial charge in [-0.3, -0.25) is 14.4 Å². The standard InChI is InChI=1S/C16H24N6O2/c1-3-16-18-15(19-24-16)12-22(13(2)23)14-5-8-20(11-14)9-10-21-7-4-6-17-21/h4,6-7,14H,3,5,8-12H2,1-2H3/t14-/m1/s1. The number of likely N-dealkylation sites (tertiary alicyclic amines) is 1. The van der Waals surface area contributed by atoms with Crippen molar-refractivity contribution in [3.05, 3.63) is 30.2 Å². The Balaban J connectivity index is 1.55. The molecule has 8 nitrogen and oxygen atoms in total. The van der Waals surface area contributed by atoms with Crippen LogP contribution in [-0.2, 0) is 24.3 Å². The monoisotopic (exact) mass is 332 g/mol. The molecule has 3 rings (SSSR count). The van der Waals surface area contributed by atoms with Crippen LogP contribution in [0.4, 0.5) is 0 Å². The fourth-order valence-corrected chi connectivity index (χ4v) is 3.09. The summed E-state index contributed by atoms with van der Waals surface area (Å²) in [6.45, 7) is 7.65. The number of nitrogens with zero attached hydrogens (tertiary/aromatic N) is 6. The minimum absolute atomic E-state index is 0.0526. The highest BCUT2D eigenvalue weighted by Gasteiger charge is 2.30. The normalized spacial score (nSPS) is 18.2. The van der Waals surface area contributed by atoms with Crippen LogP contribution in [0.15, 0.2) is 23.0 Å². The highest BCUT2D eigenvalue weighted by atomic mass is 16.5. The van der Waals surface area contributed by atoms with Gasteiger partial charge in [-0.2, -0.15) is 10.1 Å². The van der Waals surface area contributed by atoms with Crippen molar-refractivity contribution < 1.29 is 9.32 Å².